The third-order valence-corrected chi connectivity index (χ3v) is 3.92. The van der Waals surface area contributed by atoms with E-state index in [1.807, 2.05) is 24.3 Å². The molecule has 0 saturated carbocycles. The first kappa shape index (κ1) is 22.1. The molecule has 0 saturated heterocycles. The van der Waals surface area contributed by atoms with Crippen molar-refractivity contribution in [3.05, 3.63) is 59.7 Å². The lowest BCUT2D eigenvalue weighted by Crippen LogP contribution is -2.32. The predicted molar refractivity (Wildman–Crippen MR) is 98.1 cm³/mol. The number of ether oxygens (including phenoxy) is 2. The fourth-order valence-corrected chi connectivity index (χ4v) is 2.47. The molecule has 0 amide bonds. The van der Waals surface area contributed by atoms with Gasteiger partial charge >= 0.3 is 6.36 Å². The van der Waals surface area contributed by atoms with E-state index in [0.717, 1.165) is 17.9 Å². The molecule has 0 radical (unpaired) electrons. The Balaban J connectivity index is 0.00000338. The van der Waals surface area contributed by atoms with Crippen LogP contribution in [0.1, 0.15) is 25.0 Å². The third-order valence-electron chi connectivity index (χ3n) is 3.92. The van der Waals surface area contributed by atoms with Crippen molar-refractivity contribution < 1.29 is 22.6 Å². The van der Waals surface area contributed by atoms with Crippen LogP contribution in [0.25, 0.3) is 0 Å². The molecular weight excluding hydrogens is 367 g/mol. The Hall–Kier alpha value is -1.92. The molecule has 0 aliphatic heterocycles. The second-order valence-corrected chi connectivity index (χ2v) is 6.41. The minimum absolute atomic E-state index is 0. The van der Waals surface area contributed by atoms with Gasteiger partial charge in [-0.15, -0.1) is 25.6 Å². The van der Waals surface area contributed by atoms with Crippen LogP contribution in [-0.2, 0) is 12.0 Å². The molecule has 0 fully saturated rings. The summed E-state index contributed by atoms with van der Waals surface area (Å²) >= 11 is 0. The standard InChI is InChI=1S/C19H22F3NO2.ClH/c1-18(2,15-6-10-16(24-3)11-7-15)13-23-12-14-4-8-17(9-5-14)25-19(20,21)22;/h4-11,23H,12-13H2,1-3H3;1H. The summed E-state index contributed by atoms with van der Waals surface area (Å²) in [5.74, 6) is 0.600. The Bertz CT molecular complexity index is 671. The molecule has 2 rings (SSSR count). The van der Waals surface area contributed by atoms with Crippen LogP contribution in [0, 0.1) is 0 Å². The van der Waals surface area contributed by atoms with Crippen molar-refractivity contribution in [1.82, 2.24) is 5.32 Å². The van der Waals surface area contributed by atoms with Gasteiger partial charge in [-0.25, -0.2) is 0 Å². The molecule has 144 valence electrons. The van der Waals surface area contributed by atoms with Gasteiger partial charge in [0.05, 0.1) is 7.11 Å². The molecule has 0 aliphatic carbocycles. The van der Waals surface area contributed by atoms with Gasteiger partial charge in [-0.1, -0.05) is 38.1 Å². The molecule has 0 heterocycles. The van der Waals surface area contributed by atoms with E-state index in [1.165, 1.54) is 17.7 Å². The zero-order valence-corrected chi connectivity index (χ0v) is 15.7. The van der Waals surface area contributed by atoms with Gasteiger partial charge in [-0.05, 0) is 35.4 Å². The Morgan fingerprint density at radius 2 is 1.42 bits per heavy atom. The van der Waals surface area contributed by atoms with Crippen LogP contribution in [0.15, 0.2) is 48.5 Å². The van der Waals surface area contributed by atoms with Crippen LogP contribution in [0.4, 0.5) is 13.2 Å². The highest BCUT2D eigenvalue weighted by Crippen LogP contribution is 2.25. The molecule has 2 aromatic rings. The van der Waals surface area contributed by atoms with Gasteiger partial charge in [-0.3, -0.25) is 0 Å². The van der Waals surface area contributed by atoms with Crippen LogP contribution in [0.2, 0.25) is 0 Å². The summed E-state index contributed by atoms with van der Waals surface area (Å²) in [6.45, 7) is 5.54. The van der Waals surface area contributed by atoms with Crippen LogP contribution < -0.4 is 14.8 Å². The van der Waals surface area contributed by atoms with Gasteiger partial charge in [-0.2, -0.15) is 0 Å². The molecule has 0 unspecified atom stereocenters. The van der Waals surface area contributed by atoms with Gasteiger partial charge in [0, 0.05) is 18.5 Å². The normalized spacial score (nSPS) is 11.6. The monoisotopic (exact) mass is 389 g/mol. The fraction of sp³-hybridized carbons (Fsp3) is 0.368. The van der Waals surface area contributed by atoms with Crippen LogP contribution >= 0.6 is 12.4 Å². The Labute approximate surface area is 157 Å². The lowest BCUT2D eigenvalue weighted by atomic mass is 9.84. The van der Waals surface area contributed by atoms with E-state index in [0.29, 0.717) is 6.54 Å². The second-order valence-electron chi connectivity index (χ2n) is 6.41. The van der Waals surface area contributed by atoms with E-state index < -0.39 is 6.36 Å². The van der Waals surface area contributed by atoms with Crippen molar-refractivity contribution in [3.63, 3.8) is 0 Å². The Morgan fingerprint density at radius 3 is 1.92 bits per heavy atom. The molecule has 3 nitrogen and oxygen atoms in total. The maximum atomic E-state index is 12.1. The van der Waals surface area contributed by atoms with E-state index in [1.54, 1.807) is 19.2 Å². The molecule has 7 heteroatoms. The first-order valence-electron chi connectivity index (χ1n) is 7.89. The van der Waals surface area contributed by atoms with E-state index in [2.05, 4.69) is 23.9 Å². The average molecular weight is 390 g/mol. The van der Waals surface area contributed by atoms with Crippen molar-refractivity contribution in [3.8, 4) is 11.5 Å². The quantitative estimate of drug-likeness (QED) is 0.716. The van der Waals surface area contributed by atoms with Crippen LogP contribution in [-0.4, -0.2) is 20.0 Å². The summed E-state index contributed by atoms with van der Waals surface area (Å²) < 4.78 is 45.5. The fourth-order valence-electron chi connectivity index (χ4n) is 2.47. The van der Waals surface area contributed by atoms with E-state index in [4.69, 9.17) is 4.74 Å². The maximum Gasteiger partial charge on any atom is 0.573 e. The minimum atomic E-state index is -4.66. The first-order valence-corrected chi connectivity index (χ1v) is 7.89. The average Bonchev–Trinajstić information content (AvgIpc) is 2.55. The highest BCUT2D eigenvalue weighted by molar-refractivity contribution is 5.85. The van der Waals surface area contributed by atoms with Crippen molar-refractivity contribution in [1.29, 1.82) is 0 Å². The lowest BCUT2D eigenvalue weighted by Gasteiger charge is -2.26. The van der Waals surface area contributed by atoms with Crippen LogP contribution in [0.3, 0.4) is 0 Å². The topological polar surface area (TPSA) is 30.5 Å². The summed E-state index contributed by atoms with van der Waals surface area (Å²) in [4.78, 5) is 0. The molecule has 1 N–H and O–H groups in total. The summed E-state index contributed by atoms with van der Waals surface area (Å²) in [5, 5.41) is 3.34. The number of rotatable bonds is 7. The molecule has 2 aromatic carbocycles. The zero-order valence-electron chi connectivity index (χ0n) is 14.9. The predicted octanol–water partition coefficient (Wildman–Crippen LogP) is 5.08. The summed E-state index contributed by atoms with van der Waals surface area (Å²) in [5.41, 5.74) is 1.97. The second kappa shape index (κ2) is 9.14. The van der Waals surface area contributed by atoms with Crippen molar-refractivity contribution >= 4 is 12.4 Å². The largest absolute Gasteiger partial charge is 0.573 e. The van der Waals surface area contributed by atoms with Crippen LogP contribution in [0.5, 0.6) is 11.5 Å². The van der Waals surface area contributed by atoms with E-state index >= 15 is 0 Å². The summed E-state index contributed by atoms with van der Waals surface area (Å²) in [6, 6.07) is 13.8. The number of halogens is 4. The number of hydrogen-bond acceptors (Lipinski definition) is 3. The van der Waals surface area contributed by atoms with Gasteiger partial charge in [0.2, 0.25) is 0 Å². The van der Waals surface area contributed by atoms with Gasteiger partial charge in [0.25, 0.3) is 0 Å². The molecule has 0 aliphatic rings. The number of methoxy groups -OCH3 is 1. The molecule has 0 bridgehead atoms. The molecule has 0 atom stereocenters. The highest BCUT2D eigenvalue weighted by Gasteiger charge is 2.30. The minimum Gasteiger partial charge on any atom is -0.497 e. The molecule has 0 spiro atoms. The first-order chi connectivity index (χ1) is 11.7. The lowest BCUT2D eigenvalue weighted by molar-refractivity contribution is -0.274. The van der Waals surface area contributed by atoms with E-state index in [9.17, 15) is 13.2 Å². The molecule has 26 heavy (non-hydrogen) atoms. The van der Waals surface area contributed by atoms with Crippen molar-refractivity contribution in [2.24, 2.45) is 0 Å². The third kappa shape index (κ3) is 6.77. The Morgan fingerprint density at radius 1 is 0.885 bits per heavy atom. The van der Waals surface area contributed by atoms with Crippen molar-refractivity contribution in [2.45, 2.75) is 32.2 Å². The number of alkyl halides is 3. The van der Waals surface area contributed by atoms with Gasteiger partial charge in [0.1, 0.15) is 11.5 Å². The number of hydrogen-bond donors (Lipinski definition) is 1. The molecule has 0 aromatic heterocycles. The van der Waals surface area contributed by atoms with E-state index in [-0.39, 0.29) is 23.6 Å². The van der Waals surface area contributed by atoms with Gasteiger partial charge in [0.15, 0.2) is 0 Å². The van der Waals surface area contributed by atoms with Gasteiger partial charge < -0.3 is 14.8 Å². The molecular formula is C19H23ClF3NO2. The maximum absolute atomic E-state index is 12.1. The number of nitrogens with one attached hydrogen (secondary N) is 1. The smallest absolute Gasteiger partial charge is 0.497 e. The zero-order chi connectivity index (χ0) is 18.5. The SMILES string of the molecule is COc1ccc(C(C)(C)CNCc2ccc(OC(F)(F)F)cc2)cc1.Cl. The summed E-state index contributed by atoms with van der Waals surface area (Å²) in [6.07, 6.45) is -4.66. The highest BCUT2D eigenvalue weighted by atomic mass is 35.5. The number of benzene rings is 2. The Kier molecular flexibility index (Phi) is 7.78. The summed E-state index contributed by atoms with van der Waals surface area (Å²) in [7, 11) is 1.63. The van der Waals surface area contributed by atoms with Crippen molar-refractivity contribution in [2.75, 3.05) is 13.7 Å².